The molecule has 0 saturated heterocycles. The molecule has 1 aliphatic rings. The maximum atomic E-state index is 13.0. The van der Waals surface area contributed by atoms with Crippen molar-refractivity contribution < 1.29 is 4.79 Å². The molecule has 1 aliphatic carbocycles. The van der Waals surface area contributed by atoms with Gasteiger partial charge in [0.1, 0.15) is 0 Å². The van der Waals surface area contributed by atoms with E-state index in [0.717, 1.165) is 22.7 Å². The molecule has 1 fully saturated rings. The van der Waals surface area contributed by atoms with E-state index in [1.165, 1.54) is 16.7 Å². The van der Waals surface area contributed by atoms with Crippen LogP contribution in [0.1, 0.15) is 39.4 Å². The maximum absolute atomic E-state index is 13.0. The number of likely N-dealkylation sites (N-methyl/N-ethyl adjacent to an activating group) is 1. The van der Waals surface area contributed by atoms with Gasteiger partial charge in [0, 0.05) is 18.1 Å². The number of carbonyl (C=O) groups is 1. The van der Waals surface area contributed by atoms with Crippen LogP contribution in [0.3, 0.4) is 0 Å². The number of hydrogen-bond donors (Lipinski definition) is 0. The molecule has 0 spiro atoms. The van der Waals surface area contributed by atoms with E-state index in [2.05, 4.69) is 37.0 Å². The first-order valence-electron chi connectivity index (χ1n) is 7.66. The van der Waals surface area contributed by atoms with E-state index >= 15 is 0 Å². The minimum absolute atomic E-state index is 0.239. The molecule has 0 radical (unpaired) electrons. The van der Waals surface area contributed by atoms with Crippen molar-refractivity contribution in [3.05, 3.63) is 51.0 Å². The fourth-order valence-corrected chi connectivity index (χ4v) is 4.00. The van der Waals surface area contributed by atoms with Crippen molar-refractivity contribution in [2.45, 2.75) is 45.6 Å². The molecule has 0 N–H and O–H groups in total. The summed E-state index contributed by atoms with van der Waals surface area (Å²) in [5.74, 6) is 0.239. The summed E-state index contributed by atoms with van der Waals surface area (Å²) >= 11 is 1.66. The van der Waals surface area contributed by atoms with Crippen LogP contribution in [0, 0.1) is 20.8 Å². The third kappa shape index (κ3) is 2.80. The van der Waals surface area contributed by atoms with Crippen LogP contribution < -0.4 is 0 Å². The first-order valence-corrected chi connectivity index (χ1v) is 8.48. The summed E-state index contributed by atoms with van der Waals surface area (Å²) in [6.45, 7) is 6.84. The molecule has 0 atom stereocenters. The second kappa shape index (κ2) is 5.51. The molecular formula is C18H22N2OS. The van der Waals surface area contributed by atoms with Crippen LogP contribution in [-0.4, -0.2) is 22.8 Å². The molecule has 1 aromatic carbocycles. The number of aryl methyl sites for hydroxylation is 3. The Kier molecular flexibility index (Phi) is 3.81. The van der Waals surface area contributed by atoms with Crippen LogP contribution in [0.15, 0.2) is 24.4 Å². The monoisotopic (exact) mass is 314 g/mol. The summed E-state index contributed by atoms with van der Waals surface area (Å²) < 4.78 is 0. The molecule has 4 heteroatoms. The number of thiazole rings is 1. The molecule has 2 aromatic rings. The quantitative estimate of drug-likeness (QED) is 0.861. The van der Waals surface area contributed by atoms with Gasteiger partial charge in [0.15, 0.2) is 0 Å². The minimum Gasteiger partial charge on any atom is -0.340 e. The zero-order valence-corrected chi connectivity index (χ0v) is 14.5. The lowest BCUT2D eigenvalue weighted by Crippen LogP contribution is -2.36. The van der Waals surface area contributed by atoms with Gasteiger partial charge in [0.05, 0.1) is 17.0 Å². The Morgan fingerprint density at radius 1 is 1.23 bits per heavy atom. The molecule has 0 bridgehead atoms. The van der Waals surface area contributed by atoms with Gasteiger partial charge in [-0.15, -0.1) is 11.3 Å². The van der Waals surface area contributed by atoms with Crippen molar-refractivity contribution in [1.82, 2.24) is 9.88 Å². The number of rotatable bonds is 4. The Morgan fingerprint density at radius 3 is 2.36 bits per heavy atom. The van der Waals surface area contributed by atoms with Crippen LogP contribution in [0.25, 0.3) is 0 Å². The fourth-order valence-electron chi connectivity index (χ4n) is 3.15. The number of nitrogens with zero attached hydrogens (tertiary/aromatic N) is 2. The van der Waals surface area contributed by atoms with Crippen LogP contribution in [-0.2, 0) is 16.8 Å². The van der Waals surface area contributed by atoms with Gasteiger partial charge < -0.3 is 4.90 Å². The summed E-state index contributed by atoms with van der Waals surface area (Å²) in [4.78, 5) is 20.2. The molecule has 1 saturated carbocycles. The molecule has 22 heavy (non-hydrogen) atoms. The lowest BCUT2D eigenvalue weighted by Gasteiger charge is -2.24. The number of carbonyl (C=O) groups excluding carboxylic acids is 1. The highest BCUT2D eigenvalue weighted by Gasteiger charge is 2.52. The molecule has 116 valence electrons. The second-order valence-electron chi connectivity index (χ2n) is 6.47. The lowest BCUT2D eigenvalue weighted by atomic mass is 9.91. The van der Waals surface area contributed by atoms with Crippen molar-refractivity contribution >= 4 is 17.2 Å². The molecule has 1 heterocycles. The zero-order valence-electron chi connectivity index (χ0n) is 13.6. The normalized spacial score (nSPS) is 15.6. The standard InChI is InChI=1S/C18H22N2OS/c1-12-7-13(2)9-15(8-12)18(5-6-18)17(21)20(4)11-16-10-19-14(3)22-16/h7-10H,5-6,11H2,1-4H3. The second-order valence-corrected chi connectivity index (χ2v) is 7.78. The lowest BCUT2D eigenvalue weighted by molar-refractivity contribution is -0.133. The fraction of sp³-hybridized carbons (Fsp3) is 0.444. The molecular weight excluding hydrogens is 292 g/mol. The Labute approximate surface area is 136 Å². The van der Waals surface area contributed by atoms with Gasteiger partial charge in [-0.1, -0.05) is 29.3 Å². The number of aromatic nitrogens is 1. The van der Waals surface area contributed by atoms with Gasteiger partial charge in [-0.05, 0) is 39.2 Å². The Balaban J connectivity index is 1.81. The Hall–Kier alpha value is -1.68. The average Bonchev–Trinajstić information content (AvgIpc) is 3.16. The van der Waals surface area contributed by atoms with Gasteiger partial charge in [-0.2, -0.15) is 0 Å². The average molecular weight is 314 g/mol. The summed E-state index contributed by atoms with van der Waals surface area (Å²) in [6, 6.07) is 6.50. The summed E-state index contributed by atoms with van der Waals surface area (Å²) in [5, 5.41) is 1.05. The molecule has 1 aromatic heterocycles. The van der Waals surface area contributed by atoms with Crippen molar-refractivity contribution in [3.63, 3.8) is 0 Å². The highest BCUT2D eigenvalue weighted by atomic mass is 32.1. The van der Waals surface area contributed by atoms with E-state index in [0.29, 0.717) is 6.54 Å². The summed E-state index contributed by atoms with van der Waals surface area (Å²) in [5.41, 5.74) is 3.36. The predicted octanol–water partition coefficient (Wildman–Crippen LogP) is 3.76. The molecule has 0 aliphatic heterocycles. The third-order valence-corrected chi connectivity index (χ3v) is 5.24. The summed E-state index contributed by atoms with van der Waals surface area (Å²) in [6.07, 6.45) is 3.79. The predicted molar refractivity (Wildman–Crippen MR) is 90.2 cm³/mol. The molecule has 3 rings (SSSR count). The van der Waals surface area contributed by atoms with E-state index < -0.39 is 0 Å². The van der Waals surface area contributed by atoms with Gasteiger partial charge in [0.25, 0.3) is 0 Å². The minimum atomic E-state index is -0.286. The SMILES string of the molecule is Cc1cc(C)cc(C2(C(=O)N(C)Cc3cnc(C)s3)CC2)c1. The summed E-state index contributed by atoms with van der Waals surface area (Å²) in [7, 11) is 1.90. The van der Waals surface area contributed by atoms with E-state index in [-0.39, 0.29) is 11.3 Å². The molecule has 3 nitrogen and oxygen atoms in total. The van der Waals surface area contributed by atoms with Crippen molar-refractivity contribution in [2.24, 2.45) is 0 Å². The topological polar surface area (TPSA) is 33.2 Å². The van der Waals surface area contributed by atoms with E-state index in [9.17, 15) is 4.79 Å². The number of amides is 1. The first kappa shape index (κ1) is 15.2. The Bertz CT molecular complexity index is 695. The molecule has 0 unspecified atom stereocenters. The van der Waals surface area contributed by atoms with Gasteiger partial charge >= 0.3 is 0 Å². The van der Waals surface area contributed by atoms with E-state index in [1.807, 2.05) is 25.1 Å². The van der Waals surface area contributed by atoms with Gasteiger partial charge in [-0.3, -0.25) is 4.79 Å². The Morgan fingerprint density at radius 2 is 1.86 bits per heavy atom. The zero-order chi connectivity index (χ0) is 15.9. The third-order valence-electron chi connectivity index (χ3n) is 4.34. The largest absolute Gasteiger partial charge is 0.340 e. The molecule has 1 amide bonds. The van der Waals surface area contributed by atoms with E-state index in [4.69, 9.17) is 0 Å². The smallest absolute Gasteiger partial charge is 0.233 e. The van der Waals surface area contributed by atoms with Crippen LogP contribution in [0.5, 0.6) is 0 Å². The van der Waals surface area contributed by atoms with Crippen LogP contribution >= 0.6 is 11.3 Å². The van der Waals surface area contributed by atoms with Crippen molar-refractivity contribution in [3.8, 4) is 0 Å². The van der Waals surface area contributed by atoms with Crippen LogP contribution in [0.4, 0.5) is 0 Å². The van der Waals surface area contributed by atoms with Crippen molar-refractivity contribution in [2.75, 3.05) is 7.05 Å². The van der Waals surface area contributed by atoms with E-state index in [1.54, 1.807) is 11.3 Å². The number of benzene rings is 1. The first-order chi connectivity index (χ1) is 10.4. The highest BCUT2D eigenvalue weighted by molar-refractivity contribution is 7.11. The van der Waals surface area contributed by atoms with Gasteiger partial charge in [-0.25, -0.2) is 4.98 Å². The van der Waals surface area contributed by atoms with Gasteiger partial charge in [0.2, 0.25) is 5.91 Å². The maximum Gasteiger partial charge on any atom is 0.233 e. The number of hydrogen-bond acceptors (Lipinski definition) is 3. The highest BCUT2D eigenvalue weighted by Crippen LogP contribution is 2.50. The van der Waals surface area contributed by atoms with Crippen LogP contribution in [0.2, 0.25) is 0 Å². The van der Waals surface area contributed by atoms with Crippen molar-refractivity contribution in [1.29, 1.82) is 0 Å².